The lowest BCUT2D eigenvalue weighted by molar-refractivity contribution is -0.00572. The van der Waals surface area contributed by atoms with Gasteiger partial charge in [0.1, 0.15) is 22.8 Å². The van der Waals surface area contributed by atoms with Crippen LogP contribution < -0.4 is 19.5 Å². The lowest BCUT2D eigenvalue weighted by Gasteiger charge is -2.44. The first-order valence-corrected chi connectivity index (χ1v) is 12.7. The standard InChI is InChI=1S/C28H30N4O7/c1-4-38-24-12-17(11-23(37-3)25(24)18-15-29-31(2)16-18)26(34)32-9-7-28(8-10-32)14-21(33)20-13-19(30-27(35)36)5-6-22(20)39-28/h5-6,11-13,15-16,30H,4,7-10,14H2,1-3H3,(H,35,36). The molecule has 0 aliphatic carbocycles. The van der Waals surface area contributed by atoms with Crippen molar-refractivity contribution in [3.63, 3.8) is 0 Å². The van der Waals surface area contributed by atoms with E-state index in [2.05, 4.69) is 10.4 Å². The van der Waals surface area contributed by atoms with Crippen molar-refractivity contribution in [2.24, 2.45) is 7.05 Å². The summed E-state index contributed by atoms with van der Waals surface area (Å²) in [7, 11) is 3.38. The average molecular weight is 535 g/mol. The van der Waals surface area contributed by atoms with Gasteiger partial charge in [-0.3, -0.25) is 19.6 Å². The summed E-state index contributed by atoms with van der Waals surface area (Å²) in [6.07, 6.45) is 3.52. The Morgan fingerprint density at radius 3 is 2.56 bits per heavy atom. The summed E-state index contributed by atoms with van der Waals surface area (Å²) in [5.74, 6) is 1.21. The first-order chi connectivity index (χ1) is 18.7. The van der Waals surface area contributed by atoms with Crippen molar-refractivity contribution < 1.29 is 33.7 Å². The topological polar surface area (TPSA) is 132 Å². The zero-order valence-electron chi connectivity index (χ0n) is 22.0. The molecule has 2 aliphatic rings. The molecule has 2 aliphatic heterocycles. The number of benzene rings is 2. The highest BCUT2D eigenvalue weighted by Crippen LogP contribution is 2.42. The molecular weight excluding hydrogens is 504 g/mol. The number of nitrogens with zero attached hydrogens (tertiary/aromatic N) is 3. The molecule has 3 heterocycles. The van der Waals surface area contributed by atoms with Gasteiger partial charge in [-0.05, 0) is 37.3 Å². The number of nitrogens with one attached hydrogen (secondary N) is 1. The Labute approximate surface area is 225 Å². The molecule has 2 amide bonds. The molecule has 0 radical (unpaired) electrons. The van der Waals surface area contributed by atoms with Crippen LogP contribution in [0.2, 0.25) is 0 Å². The Balaban J connectivity index is 1.34. The first kappa shape index (κ1) is 26.1. The van der Waals surface area contributed by atoms with Gasteiger partial charge in [-0.15, -0.1) is 0 Å². The average Bonchev–Trinajstić information content (AvgIpc) is 3.34. The van der Waals surface area contributed by atoms with Gasteiger partial charge in [-0.2, -0.15) is 5.10 Å². The van der Waals surface area contributed by atoms with Gasteiger partial charge in [0.15, 0.2) is 5.78 Å². The molecule has 1 saturated heterocycles. The Hall–Kier alpha value is -4.54. The number of hydrogen-bond donors (Lipinski definition) is 2. The molecule has 1 aromatic heterocycles. The van der Waals surface area contributed by atoms with Crippen molar-refractivity contribution in [2.45, 2.75) is 31.8 Å². The van der Waals surface area contributed by atoms with E-state index in [4.69, 9.17) is 19.3 Å². The van der Waals surface area contributed by atoms with Crippen molar-refractivity contribution in [2.75, 3.05) is 32.1 Å². The highest BCUT2D eigenvalue weighted by atomic mass is 16.5. The van der Waals surface area contributed by atoms with E-state index in [9.17, 15) is 14.4 Å². The minimum atomic E-state index is -1.20. The normalized spacial score (nSPS) is 15.9. The van der Waals surface area contributed by atoms with Crippen LogP contribution in [-0.4, -0.2) is 70.0 Å². The summed E-state index contributed by atoms with van der Waals surface area (Å²) in [5.41, 5.74) is 1.96. The third kappa shape index (κ3) is 5.12. The van der Waals surface area contributed by atoms with Crippen molar-refractivity contribution in [3.05, 3.63) is 53.9 Å². The number of carbonyl (C=O) groups excluding carboxylic acids is 2. The van der Waals surface area contributed by atoms with Gasteiger partial charge in [0.2, 0.25) is 0 Å². The van der Waals surface area contributed by atoms with Crippen molar-refractivity contribution in [1.82, 2.24) is 14.7 Å². The van der Waals surface area contributed by atoms with Gasteiger partial charge >= 0.3 is 6.09 Å². The van der Waals surface area contributed by atoms with Crippen LogP contribution in [0, 0.1) is 0 Å². The molecular formula is C28H30N4O7. The first-order valence-electron chi connectivity index (χ1n) is 12.7. The number of amides is 2. The smallest absolute Gasteiger partial charge is 0.409 e. The molecule has 204 valence electrons. The van der Waals surface area contributed by atoms with E-state index in [0.717, 1.165) is 11.1 Å². The summed E-state index contributed by atoms with van der Waals surface area (Å²) in [6.45, 7) is 3.12. The molecule has 1 spiro atoms. The maximum atomic E-state index is 13.6. The van der Waals surface area contributed by atoms with Crippen LogP contribution in [0.1, 0.15) is 46.9 Å². The number of carboxylic acid groups (broad SMARTS) is 1. The minimum absolute atomic E-state index is 0.109. The fourth-order valence-electron chi connectivity index (χ4n) is 5.25. The molecule has 11 nitrogen and oxygen atoms in total. The lowest BCUT2D eigenvalue weighted by Crippen LogP contribution is -2.52. The monoisotopic (exact) mass is 534 g/mol. The maximum absolute atomic E-state index is 13.6. The molecule has 2 N–H and O–H groups in total. The van der Waals surface area contributed by atoms with Crippen molar-refractivity contribution in [3.8, 4) is 28.4 Å². The Bertz CT molecular complexity index is 1440. The zero-order valence-corrected chi connectivity index (χ0v) is 22.0. The molecule has 0 bridgehead atoms. The van der Waals surface area contributed by atoms with Crippen LogP contribution in [0.25, 0.3) is 11.1 Å². The van der Waals surface area contributed by atoms with Gasteiger partial charge in [0.25, 0.3) is 5.91 Å². The summed E-state index contributed by atoms with van der Waals surface area (Å²) in [5, 5.41) is 15.5. The van der Waals surface area contributed by atoms with E-state index in [-0.39, 0.29) is 18.1 Å². The quantitative estimate of drug-likeness (QED) is 0.480. The molecule has 3 aromatic rings. The number of ketones is 1. The fraction of sp³-hybridized carbons (Fsp3) is 0.357. The Morgan fingerprint density at radius 2 is 1.92 bits per heavy atom. The molecule has 0 saturated carbocycles. The van der Waals surface area contributed by atoms with Crippen LogP contribution in [0.5, 0.6) is 17.2 Å². The SMILES string of the molecule is CCOc1cc(C(=O)N2CCC3(CC2)CC(=O)c2cc(NC(=O)O)ccc2O3)cc(OC)c1-c1cnn(C)c1. The van der Waals surface area contributed by atoms with E-state index < -0.39 is 11.7 Å². The summed E-state index contributed by atoms with van der Waals surface area (Å²) in [6, 6.07) is 8.13. The Kier molecular flexibility index (Phi) is 6.90. The van der Waals surface area contributed by atoms with Gasteiger partial charge < -0.3 is 24.2 Å². The number of anilines is 1. The van der Waals surface area contributed by atoms with Crippen molar-refractivity contribution in [1.29, 1.82) is 0 Å². The fourth-order valence-corrected chi connectivity index (χ4v) is 5.25. The third-order valence-corrected chi connectivity index (χ3v) is 7.13. The van der Waals surface area contributed by atoms with Crippen LogP contribution in [0.3, 0.4) is 0 Å². The largest absolute Gasteiger partial charge is 0.496 e. The number of hydrogen-bond acceptors (Lipinski definition) is 7. The van der Waals surface area contributed by atoms with Crippen LogP contribution >= 0.6 is 0 Å². The van der Waals surface area contributed by atoms with Gasteiger partial charge in [0, 0.05) is 56.0 Å². The lowest BCUT2D eigenvalue weighted by atomic mass is 9.82. The minimum Gasteiger partial charge on any atom is -0.496 e. The zero-order chi connectivity index (χ0) is 27.7. The molecule has 0 atom stereocenters. The summed E-state index contributed by atoms with van der Waals surface area (Å²) < 4.78 is 19.5. The number of aromatic nitrogens is 2. The summed E-state index contributed by atoms with van der Waals surface area (Å²) >= 11 is 0. The van der Waals surface area contributed by atoms with E-state index in [1.54, 1.807) is 47.2 Å². The number of methoxy groups -OCH3 is 1. The molecule has 1 fully saturated rings. The van der Waals surface area contributed by atoms with Gasteiger partial charge in [-0.25, -0.2) is 4.79 Å². The summed E-state index contributed by atoms with van der Waals surface area (Å²) in [4.78, 5) is 39.3. The predicted molar refractivity (Wildman–Crippen MR) is 142 cm³/mol. The van der Waals surface area contributed by atoms with Crippen LogP contribution in [0.15, 0.2) is 42.7 Å². The number of ether oxygens (including phenoxy) is 3. The van der Waals surface area contributed by atoms with E-state index in [0.29, 0.717) is 66.6 Å². The maximum Gasteiger partial charge on any atom is 0.409 e. The van der Waals surface area contributed by atoms with Crippen LogP contribution in [-0.2, 0) is 7.05 Å². The number of piperidine rings is 1. The molecule has 0 unspecified atom stereocenters. The number of rotatable bonds is 6. The number of aryl methyl sites for hydroxylation is 1. The molecule has 2 aromatic carbocycles. The number of carbonyl (C=O) groups is 3. The second-order valence-electron chi connectivity index (χ2n) is 9.71. The third-order valence-electron chi connectivity index (χ3n) is 7.13. The van der Waals surface area contributed by atoms with Gasteiger partial charge in [-0.1, -0.05) is 0 Å². The highest BCUT2D eigenvalue weighted by Gasteiger charge is 2.44. The second kappa shape index (κ2) is 10.3. The molecule has 11 heteroatoms. The Morgan fingerprint density at radius 1 is 1.18 bits per heavy atom. The van der Waals surface area contributed by atoms with E-state index >= 15 is 0 Å². The highest BCUT2D eigenvalue weighted by molar-refractivity contribution is 6.02. The van der Waals surface area contributed by atoms with Crippen molar-refractivity contribution >= 4 is 23.5 Å². The van der Waals surface area contributed by atoms with E-state index in [1.807, 2.05) is 20.2 Å². The van der Waals surface area contributed by atoms with Gasteiger partial charge in [0.05, 0.1) is 37.5 Å². The van der Waals surface area contributed by atoms with Crippen LogP contribution in [0.4, 0.5) is 10.5 Å². The van der Waals surface area contributed by atoms with E-state index in [1.165, 1.54) is 6.07 Å². The molecule has 39 heavy (non-hydrogen) atoms. The predicted octanol–water partition coefficient (Wildman–Crippen LogP) is 4.22. The molecule has 5 rings (SSSR count). The number of Topliss-reactive ketones (excluding diaryl/α,β-unsaturated/α-hetero) is 1. The second-order valence-corrected chi connectivity index (χ2v) is 9.71. The number of fused-ring (bicyclic) bond motifs is 1. The number of likely N-dealkylation sites (tertiary alicyclic amines) is 1.